The lowest BCUT2D eigenvalue weighted by molar-refractivity contribution is -0.135. The van der Waals surface area contributed by atoms with Gasteiger partial charge in [-0.1, -0.05) is 6.07 Å². The van der Waals surface area contributed by atoms with E-state index in [0.717, 1.165) is 5.65 Å². The van der Waals surface area contributed by atoms with E-state index in [1.54, 1.807) is 0 Å². The van der Waals surface area contributed by atoms with E-state index in [-0.39, 0.29) is 6.42 Å². The number of alkyl halides is 3. The van der Waals surface area contributed by atoms with Crippen molar-refractivity contribution in [2.75, 3.05) is 13.1 Å². The van der Waals surface area contributed by atoms with Crippen LogP contribution in [0, 0.1) is 0 Å². The number of guanidine groups is 1. The van der Waals surface area contributed by atoms with Crippen LogP contribution in [0.15, 0.2) is 29.4 Å². The predicted octanol–water partition coefficient (Wildman–Crippen LogP) is 2.52. The fraction of sp³-hybridized carbons (Fsp3) is 0.533. The number of rotatable bonds is 7. The minimum atomic E-state index is -4.09. The van der Waals surface area contributed by atoms with Crippen LogP contribution in [0.4, 0.5) is 13.2 Å². The summed E-state index contributed by atoms with van der Waals surface area (Å²) in [5.41, 5.74) is 0.743. The SMILES string of the molecule is CCNC(=NCc1nnc2ccccn12)NCCCCC(F)(F)F. The second-order valence-electron chi connectivity index (χ2n) is 5.24. The van der Waals surface area contributed by atoms with Crippen LogP contribution in [0.1, 0.15) is 32.0 Å². The van der Waals surface area contributed by atoms with E-state index in [2.05, 4.69) is 25.8 Å². The van der Waals surface area contributed by atoms with Crippen molar-refractivity contribution >= 4 is 11.6 Å². The standard InChI is InChI=1S/C15H21F3N6/c1-2-19-14(20-9-5-4-8-15(16,17)18)21-11-13-23-22-12-7-3-6-10-24(12)13/h3,6-7,10H,2,4-5,8-9,11H2,1H3,(H2,19,20,21). The molecular formula is C15H21F3N6. The normalized spacial score (nSPS) is 12.6. The lowest BCUT2D eigenvalue weighted by Crippen LogP contribution is -2.37. The van der Waals surface area contributed by atoms with Gasteiger partial charge in [-0.2, -0.15) is 13.2 Å². The second kappa shape index (κ2) is 8.51. The Labute approximate surface area is 138 Å². The molecule has 2 N–H and O–H groups in total. The molecule has 9 heteroatoms. The molecule has 2 rings (SSSR count). The Bertz CT molecular complexity index is 665. The van der Waals surface area contributed by atoms with Crippen molar-refractivity contribution in [2.24, 2.45) is 4.99 Å². The first kappa shape index (κ1) is 18.0. The first-order valence-electron chi connectivity index (χ1n) is 7.87. The maximum atomic E-state index is 12.1. The first-order chi connectivity index (χ1) is 11.5. The molecule has 0 aliphatic rings. The van der Waals surface area contributed by atoms with Gasteiger partial charge in [0.15, 0.2) is 17.4 Å². The van der Waals surface area contributed by atoms with Gasteiger partial charge in [-0.15, -0.1) is 10.2 Å². The number of halogens is 3. The number of hydrogen-bond acceptors (Lipinski definition) is 3. The molecule has 0 spiro atoms. The number of unbranched alkanes of at least 4 members (excludes halogenated alkanes) is 1. The predicted molar refractivity (Wildman–Crippen MR) is 85.7 cm³/mol. The highest BCUT2D eigenvalue weighted by molar-refractivity contribution is 5.79. The van der Waals surface area contributed by atoms with Crippen molar-refractivity contribution in [3.05, 3.63) is 30.2 Å². The minimum absolute atomic E-state index is 0.102. The number of pyridine rings is 1. The van der Waals surface area contributed by atoms with E-state index in [4.69, 9.17) is 0 Å². The van der Waals surface area contributed by atoms with Crippen LogP contribution in [0.5, 0.6) is 0 Å². The topological polar surface area (TPSA) is 66.6 Å². The maximum absolute atomic E-state index is 12.1. The number of fused-ring (bicyclic) bond motifs is 1. The quantitative estimate of drug-likeness (QED) is 0.461. The summed E-state index contributed by atoms with van der Waals surface area (Å²) in [6, 6.07) is 5.61. The highest BCUT2D eigenvalue weighted by Gasteiger charge is 2.25. The van der Waals surface area contributed by atoms with Crippen LogP contribution in [0.2, 0.25) is 0 Å². The summed E-state index contributed by atoms with van der Waals surface area (Å²) in [4.78, 5) is 4.40. The fourth-order valence-corrected chi connectivity index (χ4v) is 2.15. The summed E-state index contributed by atoms with van der Waals surface area (Å²) in [5.74, 6) is 1.25. The zero-order chi connectivity index (χ0) is 17.4. The first-order valence-corrected chi connectivity index (χ1v) is 7.87. The van der Waals surface area contributed by atoms with E-state index in [1.165, 1.54) is 0 Å². The summed E-state index contributed by atoms with van der Waals surface area (Å²) >= 11 is 0. The van der Waals surface area contributed by atoms with Crippen LogP contribution in [-0.2, 0) is 6.54 Å². The van der Waals surface area contributed by atoms with E-state index in [0.29, 0.717) is 37.8 Å². The van der Waals surface area contributed by atoms with Gasteiger partial charge >= 0.3 is 6.18 Å². The van der Waals surface area contributed by atoms with Gasteiger partial charge in [-0.25, -0.2) is 4.99 Å². The summed E-state index contributed by atoms with van der Waals surface area (Å²) in [6.45, 7) is 3.34. The number of hydrogen-bond donors (Lipinski definition) is 2. The zero-order valence-corrected chi connectivity index (χ0v) is 13.5. The average molecular weight is 342 g/mol. The van der Waals surface area contributed by atoms with Gasteiger partial charge in [-0.05, 0) is 31.9 Å². The smallest absolute Gasteiger partial charge is 0.357 e. The molecule has 0 fully saturated rings. The Morgan fingerprint density at radius 3 is 2.79 bits per heavy atom. The fourth-order valence-electron chi connectivity index (χ4n) is 2.15. The third-order valence-electron chi connectivity index (χ3n) is 3.29. The largest absolute Gasteiger partial charge is 0.389 e. The molecule has 0 unspecified atom stereocenters. The lowest BCUT2D eigenvalue weighted by Gasteiger charge is -2.11. The maximum Gasteiger partial charge on any atom is 0.389 e. The molecule has 24 heavy (non-hydrogen) atoms. The van der Waals surface area contributed by atoms with Crippen LogP contribution < -0.4 is 10.6 Å². The van der Waals surface area contributed by atoms with Crippen LogP contribution in [0.3, 0.4) is 0 Å². The van der Waals surface area contributed by atoms with Gasteiger partial charge in [0, 0.05) is 25.7 Å². The van der Waals surface area contributed by atoms with Crippen LogP contribution >= 0.6 is 0 Å². The summed E-state index contributed by atoms with van der Waals surface area (Å²) < 4.78 is 38.1. The molecule has 0 aromatic carbocycles. The average Bonchev–Trinajstić information content (AvgIpc) is 2.94. The van der Waals surface area contributed by atoms with Crippen molar-refractivity contribution in [3.8, 4) is 0 Å². The van der Waals surface area contributed by atoms with Gasteiger partial charge in [0.05, 0.1) is 0 Å². The molecule has 0 radical (unpaired) electrons. The van der Waals surface area contributed by atoms with E-state index in [1.807, 2.05) is 35.7 Å². The molecule has 2 heterocycles. The molecule has 0 amide bonds. The molecule has 0 bridgehead atoms. The van der Waals surface area contributed by atoms with Crippen molar-refractivity contribution in [2.45, 2.75) is 38.9 Å². The Hall–Kier alpha value is -2.32. The lowest BCUT2D eigenvalue weighted by atomic mass is 10.2. The van der Waals surface area contributed by atoms with Crippen LogP contribution in [-0.4, -0.2) is 39.8 Å². The Balaban J connectivity index is 1.86. The molecule has 132 valence electrons. The summed E-state index contributed by atoms with van der Waals surface area (Å²) in [7, 11) is 0. The van der Waals surface area contributed by atoms with E-state index < -0.39 is 12.6 Å². The van der Waals surface area contributed by atoms with Crippen molar-refractivity contribution < 1.29 is 13.2 Å². The van der Waals surface area contributed by atoms with Crippen molar-refractivity contribution in [1.82, 2.24) is 25.2 Å². The highest BCUT2D eigenvalue weighted by Crippen LogP contribution is 2.21. The molecule has 0 aliphatic carbocycles. The number of aliphatic imine (C=N–C) groups is 1. The van der Waals surface area contributed by atoms with E-state index in [9.17, 15) is 13.2 Å². The van der Waals surface area contributed by atoms with Crippen LogP contribution in [0.25, 0.3) is 5.65 Å². The van der Waals surface area contributed by atoms with Gasteiger partial charge in [0.2, 0.25) is 0 Å². The Morgan fingerprint density at radius 1 is 1.21 bits per heavy atom. The Morgan fingerprint density at radius 2 is 2.04 bits per heavy atom. The molecule has 6 nitrogen and oxygen atoms in total. The van der Waals surface area contributed by atoms with Crippen molar-refractivity contribution in [3.63, 3.8) is 0 Å². The highest BCUT2D eigenvalue weighted by atomic mass is 19.4. The van der Waals surface area contributed by atoms with Gasteiger partial charge < -0.3 is 10.6 Å². The number of nitrogens with zero attached hydrogens (tertiary/aromatic N) is 4. The monoisotopic (exact) mass is 342 g/mol. The number of aromatic nitrogens is 3. The molecular weight excluding hydrogens is 321 g/mol. The molecule has 2 aromatic rings. The Kier molecular flexibility index (Phi) is 6.39. The zero-order valence-electron chi connectivity index (χ0n) is 13.5. The minimum Gasteiger partial charge on any atom is -0.357 e. The number of nitrogens with one attached hydrogen (secondary N) is 2. The molecule has 0 saturated heterocycles. The van der Waals surface area contributed by atoms with Gasteiger partial charge in [0.1, 0.15) is 6.54 Å². The molecule has 0 aliphatic heterocycles. The van der Waals surface area contributed by atoms with Gasteiger partial charge in [-0.3, -0.25) is 4.40 Å². The van der Waals surface area contributed by atoms with E-state index >= 15 is 0 Å². The molecule has 0 atom stereocenters. The third-order valence-corrected chi connectivity index (χ3v) is 3.29. The summed E-state index contributed by atoms with van der Waals surface area (Å²) in [5, 5.41) is 14.2. The third kappa shape index (κ3) is 5.71. The second-order valence-corrected chi connectivity index (χ2v) is 5.24. The van der Waals surface area contributed by atoms with Crippen molar-refractivity contribution in [1.29, 1.82) is 0 Å². The molecule has 0 saturated carbocycles. The summed E-state index contributed by atoms with van der Waals surface area (Å²) in [6.07, 6.45) is -2.46. The molecule has 2 aromatic heterocycles. The van der Waals surface area contributed by atoms with Gasteiger partial charge in [0.25, 0.3) is 0 Å².